The summed E-state index contributed by atoms with van der Waals surface area (Å²) in [5, 5.41) is 9.81. The second-order valence-corrected chi connectivity index (χ2v) is 6.15. The summed E-state index contributed by atoms with van der Waals surface area (Å²) in [7, 11) is 3.03. The minimum absolute atomic E-state index is 0.140. The molecule has 2 N–H and O–H groups in total. The fourth-order valence-corrected chi connectivity index (χ4v) is 2.76. The van der Waals surface area contributed by atoms with Crippen LogP contribution in [0.25, 0.3) is 0 Å². The Morgan fingerprint density at radius 3 is 2.71 bits per heavy atom. The fraction of sp³-hybridized carbons (Fsp3) is 0.158. The number of aromatic nitrogens is 2. The van der Waals surface area contributed by atoms with E-state index in [2.05, 4.69) is 15.7 Å². The number of rotatable bonds is 6. The van der Waals surface area contributed by atoms with Gasteiger partial charge in [-0.05, 0) is 24.3 Å². The lowest BCUT2D eigenvalue weighted by atomic mass is 10.2. The lowest BCUT2D eigenvalue weighted by Crippen LogP contribution is -2.20. The quantitative estimate of drug-likeness (QED) is 0.639. The van der Waals surface area contributed by atoms with Gasteiger partial charge in [-0.25, -0.2) is 9.18 Å². The highest BCUT2D eigenvalue weighted by Crippen LogP contribution is 2.29. The number of halogens is 2. The van der Waals surface area contributed by atoms with Crippen molar-refractivity contribution in [3.8, 4) is 11.5 Å². The van der Waals surface area contributed by atoms with Crippen molar-refractivity contribution in [1.29, 1.82) is 0 Å². The topological polar surface area (TPSA) is 77.4 Å². The highest BCUT2D eigenvalue weighted by Gasteiger charge is 2.12. The average Bonchev–Trinajstić information content (AvgIpc) is 3.12. The monoisotopic (exact) mass is 404 g/mol. The number of anilines is 2. The van der Waals surface area contributed by atoms with E-state index in [1.165, 1.54) is 23.9 Å². The van der Waals surface area contributed by atoms with Crippen LogP contribution in [0.15, 0.2) is 48.7 Å². The number of carbonyl (C=O) groups excluding carboxylic acids is 1. The van der Waals surface area contributed by atoms with Crippen LogP contribution in [0.5, 0.6) is 11.5 Å². The molecule has 0 aliphatic rings. The molecule has 0 fully saturated rings. The van der Waals surface area contributed by atoms with Crippen LogP contribution in [-0.4, -0.2) is 30.0 Å². The largest absolute Gasteiger partial charge is 0.497 e. The van der Waals surface area contributed by atoms with Crippen LogP contribution in [0, 0.1) is 5.82 Å². The second-order valence-electron chi connectivity index (χ2n) is 5.74. The van der Waals surface area contributed by atoms with Crippen LogP contribution >= 0.6 is 11.6 Å². The van der Waals surface area contributed by atoms with E-state index in [1.807, 2.05) is 0 Å². The van der Waals surface area contributed by atoms with Gasteiger partial charge < -0.3 is 14.8 Å². The van der Waals surface area contributed by atoms with Gasteiger partial charge in [0.2, 0.25) is 0 Å². The molecule has 3 aromatic rings. The minimum atomic E-state index is -0.502. The van der Waals surface area contributed by atoms with Crippen LogP contribution in [0.3, 0.4) is 0 Å². The van der Waals surface area contributed by atoms with E-state index >= 15 is 0 Å². The van der Waals surface area contributed by atoms with Crippen molar-refractivity contribution in [2.75, 3.05) is 24.9 Å². The summed E-state index contributed by atoms with van der Waals surface area (Å²) in [6.45, 7) is 0.140. The minimum Gasteiger partial charge on any atom is -0.497 e. The lowest BCUT2D eigenvalue weighted by molar-refractivity contribution is 0.262. The normalized spacial score (nSPS) is 10.4. The molecule has 0 spiro atoms. The van der Waals surface area contributed by atoms with Crippen molar-refractivity contribution in [2.45, 2.75) is 6.54 Å². The van der Waals surface area contributed by atoms with E-state index in [1.54, 1.807) is 43.6 Å². The third kappa shape index (κ3) is 4.52. The molecule has 146 valence electrons. The van der Waals surface area contributed by atoms with E-state index in [0.717, 1.165) is 0 Å². The zero-order chi connectivity index (χ0) is 20.1. The van der Waals surface area contributed by atoms with Gasteiger partial charge in [0, 0.05) is 28.9 Å². The summed E-state index contributed by atoms with van der Waals surface area (Å²) in [5.74, 6) is 0.946. The van der Waals surface area contributed by atoms with E-state index in [-0.39, 0.29) is 6.54 Å². The summed E-state index contributed by atoms with van der Waals surface area (Å²) in [4.78, 5) is 12.2. The van der Waals surface area contributed by atoms with Crippen LogP contribution in [0.2, 0.25) is 5.02 Å². The number of nitrogens with zero attached hydrogens (tertiary/aromatic N) is 2. The summed E-state index contributed by atoms with van der Waals surface area (Å²) >= 11 is 6.03. The van der Waals surface area contributed by atoms with Gasteiger partial charge in [0.15, 0.2) is 5.82 Å². The molecule has 0 bridgehead atoms. The fourth-order valence-electron chi connectivity index (χ4n) is 2.53. The van der Waals surface area contributed by atoms with Gasteiger partial charge in [0.25, 0.3) is 0 Å². The molecule has 1 heterocycles. The Kier molecular flexibility index (Phi) is 6.00. The van der Waals surface area contributed by atoms with E-state index in [4.69, 9.17) is 21.1 Å². The van der Waals surface area contributed by atoms with Gasteiger partial charge in [0.05, 0.1) is 26.5 Å². The molecule has 0 unspecified atom stereocenters. The van der Waals surface area contributed by atoms with Crippen LogP contribution in [0.4, 0.5) is 20.7 Å². The molecule has 2 amide bonds. The van der Waals surface area contributed by atoms with Gasteiger partial charge >= 0.3 is 6.03 Å². The number of nitrogens with one attached hydrogen (secondary N) is 2. The first-order valence-electron chi connectivity index (χ1n) is 8.26. The zero-order valence-corrected chi connectivity index (χ0v) is 16.0. The zero-order valence-electron chi connectivity index (χ0n) is 15.2. The molecule has 28 heavy (non-hydrogen) atoms. The van der Waals surface area contributed by atoms with Gasteiger partial charge in [-0.1, -0.05) is 17.7 Å². The van der Waals surface area contributed by atoms with Crippen molar-refractivity contribution in [3.63, 3.8) is 0 Å². The van der Waals surface area contributed by atoms with Crippen LogP contribution in [-0.2, 0) is 6.54 Å². The predicted molar refractivity (Wildman–Crippen MR) is 105 cm³/mol. The highest BCUT2D eigenvalue weighted by atomic mass is 35.5. The Bertz CT molecular complexity index is 973. The number of methoxy groups -OCH3 is 2. The molecule has 0 aliphatic heterocycles. The molecular weight excluding hydrogens is 387 g/mol. The number of hydrogen-bond acceptors (Lipinski definition) is 4. The number of benzene rings is 2. The second kappa shape index (κ2) is 8.62. The van der Waals surface area contributed by atoms with Crippen molar-refractivity contribution < 1.29 is 18.7 Å². The molecular formula is C19H18ClFN4O3. The van der Waals surface area contributed by atoms with E-state index in [0.29, 0.717) is 33.6 Å². The maximum Gasteiger partial charge on any atom is 0.325 e. The number of amides is 2. The van der Waals surface area contributed by atoms with E-state index < -0.39 is 11.8 Å². The lowest BCUT2D eigenvalue weighted by Gasteiger charge is -2.11. The van der Waals surface area contributed by atoms with Crippen molar-refractivity contribution >= 4 is 29.1 Å². The van der Waals surface area contributed by atoms with E-state index in [9.17, 15) is 9.18 Å². The Hall–Kier alpha value is -3.26. The predicted octanol–water partition coefficient (Wildman–Crippen LogP) is 4.39. The summed E-state index contributed by atoms with van der Waals surface area (Å²) in [5.41, 5.74) is 0.796. The van der Waals surface area contributed by atoms with Crippen LogP contribution < -0.4 is 20.1 Å². The van der Waals surface area contributed by atoms with Gasteiger partial charge in [-0.3, -0.25) is 10.00 Å². The molecule has 0 saturated carbocycles. The average molecular weight is 405 g/mol. The standard InChI is InChI=1S/C19H18ClFN4O3/c1-27-12-6-7-16(17(10-12)28-2)22-19(26)23-18-8-9-25(24-18)11-13-14(20)4-3-5-15(13)21/h3-10H,11H2,1-2H3,(H2,22,23,24,26). The molecule has 0 radical (unpaired) electrons. The molecule has 0 atom stereocenters. The number of ether oxygens (including phenoxy) is 2. The number of hydrogen-bond donors (Lipinski definition) is 2. The van der Waals surface area contributed by atoms with Crippen molar-refractivity contribution in [3.05, 3.63) is 65.1 Å². The maximum absolute atomic E-state index is 13.9. The van der Waals surface area contributed by atoms with Crippen molar-refractivity contribution in [2.24, 2.45) is 0 Å². The summed E-state index contributed by atoms with van der Waals surface area (Å²) in [6.07, 6.45) is 1.62. The number of carbonyl (C=O) groups is 1. The highest BCUT2D eigenvalue weighted by molar-refractivity contribution is 6.31. The molecule has 0 aliphatic carbocycles. The summed E-state index contributed by atoms with van der Waals surface area (Å²) < 4.78 is 25.7. The molecule has 7 nitrogen and oxygen atoms in total. The smallest absolute Gasteiger partial charge is 0.325 e. The third-order valence-electron chi connectivity index (χ3n) is 3.92. The molecule has 2 aromatic carbocycles. The molecule has 9 heteroatoms. The van der Waals surface area contributed by atoms with Gasteiger partial charge in [-0.2, -0.15) is 5.10 Å². The Morgan fingerprint density at radius 1 is 1.18 bits per heavy atom. The van der Waals surface area contributed by atoms with Gasteiger partial charge in [-0.15, -0.1) is 0 Å². The van der Waals surface area contributed by atoms with Crippen molar-refractivity contribution in [1.82, 2.24) is 9.78 Å². The molecule has 3 rings (SSSR count). The SMILES string of the molecule is COc1ccc(NC(=O)Nc2ccn(Cc3c(F)cccc3Cl)n2)c(OC)c1. The first-order valence-corrected chi connectivity index (χ1v) is 8.64. The molecule has 0 saturated heterocycles. The number of urea groups is 1. The Labute approximate surface area is 166 Å². The summed E-state index contributed by atoms with van der Waals surface area (Å²) in [6, 6.07) is 10.6. The van der Waals surface area contributed by atoms with Gasteiger partial charge in [0.1, 0.15) is 17.3 Å². The Balaban J connectivity index is 1.66. The molecule has 1 aromatic heterocycles. The maximum atomic E-state index is 13.9. The first-order chi connectivity index (χ1) is 13.5. The first kappa shape index (κ1) is 19.5. The third-order valence-corrected chi connectivity index (χ3v) is 4.28. The van der Waals surface area contributed by atoms with Crippen LogP contribution in [0.1, 0.15) is 5.56 Å². The Morgan fingerprint density at radius 2 is 2.00 bits per heavy atom.